The molecule has 0 aromatic rings. The van der Waals surface area contributed by atoms with Gasteiger partial charge in [0.25, 0.3) is 0 Å². The van der Waals surface area contributed by atoms with E-state index in [-0.39, 0.29) is 12.1 Å². The topological polar surface area (TPSA) is 35.5 Å². The molecule has 3 nitrogen and oxygen atoms in total. The molecule has 70 valence electrons. The van der Waals surface area contributed by atoms with E-state index in [2.05, 4.69) is 0 Å². The number of carbonyl (C=O) groups excluding carboxylic acids is 1. The summed E-state index contributed by atoms with van der Waals surface area (Å²) < 4.78 is 10.4. The second kappa shape index (κ2) is 5.14. The van der Waals surface area contributed by atoms with Crippen molar-refractivity contribution in [1.82, 2.24) is 0 Å². The highest BCUT2D eigenvalue weighted by Crippen LogP contribution is 2.12. The van der Waals surface area contributed by atoms with Gasteiger partial charge in [0.2, 0.25) is 0 Å². The molecule has 1 aliphatic rings. The molecule has 0 bridgehead atoms. The van der Waals surface area contributed by atoms with Gasteiger partial charge in [-0.25, -0.2) is 0 Å². The molecule has 1 saturated heterocycles. The van der Waals surface area contributed by atoms with Crippen LogP contribution in [0.25, 0.3) is 0 Å². The van der Waals surface area contributed by atoms with Crippen LogP contribution >= 0.6 is 0 Å². The minimum Gasteiger partial charge on any atom is -0.463 e. The summed E-state index contributed by atoms with van der Waals surface area (Å²) in [5.74, 6) is -0.135. The maximum atomic E-state index is 10.8. The SMILES string of the molecule is CCC(=O)OCC1CCCCO1. The van der Waals surface area contributed by atoms with Crippen LogP contribution in [0.15, 0.2) is 0 Å². The molecular formula is C9H16O3. The maximum Gasteiger partial charge on any atom is 0.305 e. The summed E-state index contributed by atoms with van der Waals surface area (Å²) in [5, 5.41) is 0. The van der Waals surface area contributed by atoms with Gasteiger partial charge in [0, 0.05) is 13.0 Å². The van der Waals surface area contributed by atoms with Gasteiger partial charge in [-0.2, -0.15) is 0 Å². The average molecular weight is 172 g/mol. The Labute approximate surface area is 73.0 Å². The summed E-state index contributed by atoms with van der Waals surface area (Å²) in [6.45, 7) is 3.05. The van der Waals surface area contributed by atoms with Crippen LogP contribution in [0.5, 0.6) is 0 Å². The summed E-state index contributed by atoms with van der Waals surface area (Å²) >= 11 is 0. The lowest BCUT2D eigenvalue weighted by Crippen LogP contribution is -2.25. The third-order valence-corrected chi connectivity index (χ3v) is 1.99. The summed E-state index contributed by atoms with van der Waals surface area (Å²) in [7, 11) is 0. The highest BCUT2D eigenvalue weighted by Gasteiger charge is 2.14. The number of hydrogen-bond acceptors (Lipinski definition) is 3. The van der Waals surface area contributed by atoms with Crippen LogP contribution in [-0.4, -0.2) is 25.3 Å². The second-order valence-corrected chi connectivity index (χ2v) is 3.03. The van der Waals surface area contributed by atoms with Gasteiger partial charge in [-0.1, -0.05) is 6.92 Å². The first-order valence-corrected chi connectivity index (χ1v) is 4.60. The molecule has 0 aromatic carbocycles. The predicted molar refractivity (Wildman–Crippen MR) is 44.8 cm³/mol. The number of carbonyl (C=O) groups is 1. The Morgan fingerprint density at radius 1 is 1.58 bits per heavy atom. The Bertz CT molecular complexity index is 139. The molecule has 0 N–H and O–H groups in total. The molecule has 1 rings (SSSR count). The van der Waals surface area contributed by atoms with E-state index < -0.39 is 0 Å². The van der Waals surface area contributed by atoms with E-state index in [1.807, 2.05) is 0 Å². The summed E-state index contributed by atoms with van der Waals surface area (Å²) in [4.78, 5) is 10.8. The zero-order chi connectivity index (χ0) is 8.81. The van der Waals surface area contributed by atoms with E-state index in [0.717, 1.165) is 19.4 Å². The van der Waals surface area contributed by atoms with Crippen molar-refractivity contribution in [3.8, 4) is 0 Å². The minimum absolute atomic E-state index is 0.135. The van der Waals surface area contributed by atoms with Crippen LogP contribution in [0.2, 0.25) is 0 Å². The number of hydrogen-bond donors (Lipinski definition) is 0. The van der Waals surface area contributed by atoms with E-state index in [1.54, 1.807) is 6.92 Å². The number of rotatable bonds is 3. The molecule has 3 heteroatoms. The van der Waals surface area contributed by atoms with Crippen molar-refractivity contribution in [2.45, 2.75) is 38.7 Å². The monoisotopic (exact) mass is 172 g/mol. The zero-order valence-electron chi connectivity index (χ0n) is 7.54. The fourth-order valence-electron chi connectivity index (χ4n) is 1.23. The zero-order valence-corrected chi connectivity index (χ0v) is 7.54. The van der Waals surface area contributed by atoms with Crippen LogP contribution in [0, 0.1) is 0 Å². The van der Waals surface area contributed by atoms with Crippen molar-refractivity contribution in [3.05, 3.63) is 0 Å². The molecule has 1 fully saturated rings. The maximum absolute atomic E-state index is 10.8. The average Bonchev–Trinajstić information content (AvgIpc) is 2.16. The lowest BCUT2D eigenvalue weighted by molar-refractivity contribution is -0.148. The fraction of sp³-hybridized carbons (Fsp3) is 0.889. The quantitative estimate of drug-likeness (QED) is 0.605. The van der Waals surface area contributed by atoms with Gasteiger partial charge < -0.3 is 9.47 Å². The molecule has 1 aliphatic heterocycles. The third-order valence-electron chi connectivity index (χ3n) is 1.99. The van der Waals surface area contributed by atoms with Gasteiger partial charge in [0.15, 0.2) is 0 Å². The van der Waals surface area contributed by atoms with Gasteiger partial charge >= 0.3 is 5.97 Å². The van der Waals surface area contributed by atoms with E-state index in [4.69, 9.17) is 9.47 Å². The Morgan fingerprint density at radius 2 is 2.42 bits per heavy atom. The van der Waals surface area contributed by atoms with Crippen LogP contribution in [0.1, 0.15) is 32.6 Å². The van der Waals surface area contributed by atoms with E-state index >= 15 is 0 Å². The molecule has 1 atom stereocenters. The van der Waals surface area contributed by atoms with Gasteiger partial charge in [-0.15, -0.1) is 0 Å². The molecule has 0 aromatic heterocycles. The van der Waals surface area contributed by atoms with Gasteiger partial charge in [0.1, 0.15) is 6.61 Å². The van der Waals surface area contributed by atoms with Crippen LogP contribution in [0.3, 0.4) is 0 Å². The molecule has 1 unspecified atom stereocenters. The van der Waals surface area contributed by atoms with Crippen LogP contribution < -0.4 is 0 Å². The fourth-order valence-corrected chi connectivity index (χ4v) is 1.23. The largest absolute Gasteiger partial charge is 0.463 e. The van der Waals surface area contributed by atoms with E-state index in [9.17, 15) is 4.79 Å². The Balaban J connectivity index is 2.09. The van der Waals surface area contributed by atoms with Gasteiger partial charge in [-0.05, 0) is 19.3 Å². The number of esters is 1. The van der Waals surface area contributed by atoms with Crippen molar-refractivity contribution < 1.29 is 14.3 Å². The summed E-state index contributed by atoms with van der Waals surface area (Å²) in [6, 6.07) is 0. The highest BCUT2D eigenvalue weighted by molar-refractivity contribution is 5.68. The van der Waals surface area contributed by atoms with Crippen molar-refractivity contribution in [3.63, 3.8) is 0 Å². The molecule has 0 amide bonds. The second-order valence-electron chi connectivity index (χ2n) is 3.03. The van der Waals surface area contributed by atoms with E-state index in [0.29, 0.717) is 13.0 Å². The van der Waals surface area contributed by atoms with Crippen LogP contribution in [-0.2, 0) is 14.3 Å². The van der Waals surface area contributed by atoms with Crippen LogP contribution in [0.4, 0.5) is 0 Å². The Kier molecular flexibility index (Phi) is 4.08. The lowest BCUT2D eigenvalue weighted by atomic mass is 10.1. The molecule has 12 heavy (non-hydrogen) atoms. The molecule has 0 radical (unpaired) electrons. The molecule has 0 spiro atoms. The minimum atomic E-state index is -0.135. The summed E-state index contributed by atoms with van der Waals surface area (Å²) in [5.41, 5.74) is 0. The van der Waals surface area contributed by atoms with Gasteiger partial charge in [0.05, 0.1) is 6.10 Å². The smallest absolute Gasteiger partial charge is 0.305 e. The molecule has 0 aliphatic carbocycles. The molecular weight excluding hydrogens is 156 g/mol. The summed E-state index contributed by atoms with van der Waals surface area (Å²) in [6.07, 6.45) is 3.95. The first-order valence-electron chi connectivity index (χ1n) is 4.60. The number of ether oxygens (including phenoxy) is 2. The van der Waals surface area contributed by atoms with E-state index in [1.165, 1.54) is 6.42 Å². The normalized spacial score (nSPS) is 23.6. The Hall–Kier alpha value is -0.570. The standard InChI is InChI=1S/C9H16O3/c1-2-9(10)12-7-8-5-3-4-6-11-8/h8H,2-7H2,1H3. The lowest BCUT2D eigenvalue weighted by Gasteiger charge is -2.21. The first kappa shape index (κ1) is 9.52. The van der Waals surface area contributed by atoms with Crippen molar-refractivity contribution in [2.24, 2.45) is 0 Å². The Morgan fingerprint density at radius 3 is 3.00 bits per heavy atom. The van der Waals surface area contributed by atoms with Crippen molar-refractivity contribution >= 4 is 5.97 Å². The predicted octanol–water partition coefficient (Wildman–Crippen LogP) is 1.51. The third kappa shape index (κ3) is 3.22. The van der Waals surface area contributed by atoms with Crippen molar-refractivity contribution in [1.29, 1.82) is 0 Å². The van der Waals surface area contributed by atoms with Crippen molar-refractivity contribution in [2.75, 3.05) is 13.2 Å². The highest BCUT2D eigenvalue weighted by atomic mass is 16.6. The molecule has 1 heterocycles. The molecule has 0 saturated carbocycles. The first-order chi connectivity index (χ1) is 5.83. The van der Waals surface area contributed by atoms with Gasteiger partial charge in [-0.3, -0.25) is 4.79 Å².